The Morgan fingerprint density at radius 3 is 2.31 bits per heavy atom. The number of aromatic nitrogens is 2. The van der Waals surface area contributed by atoms with Gasteiger partial charge in [-0.3, -0.25) is 4.79 Å². The lowest BCUT2D eigenvalue weighted by Gasteiger charge is -2.27. The molecule has 0 saturated carbocycles. The quantitative estimate of drug-likeness (QED) is 0.636. The lowest BCUT2D eigenvalue weighted by atomic mass is 10.1. The number of carbonyl (C=O) groups excluding carboxylic acids is 1. The molecule has 4 rings (SSSR count). The van der Waals surface area contributed by atoms with Crippen LogP contribution >= 0.6 is 0 Å². The van der Waals surface area contributed by atoms with Crippen molar-refractivity contribution in [3.05, 3.63) is 65.2 Å². The topological polar surface area (TPSA) is 76.6 Å². The van der Waals surface area contributed by atoms with Crippen molar-refractivity contribution in [2.45, 2.75) is 20.8 Å². The molecule has 1 amide bonds. The molecule has 0 radical (unpaired) electrons. The van der Waals surface area contributed by atoms with Gasteiger partial charge in [0.2, 0.25) is 0 Å². The highest BCUT2D eigenvalue weighted by molar-refractivity contribution is 5.92. The summed E-state index contributed by atoms with van der Waals surface area (Å²) in [6.45, 7) is 9.07. The van der Waals surface area contributed by atoms with E-state index >= 15 is 0 Å². The first-order valence-electron chi connectivity index (χ1n) is 10.8. The van der Waals surface area contributed by atoms with E-state index in [9.17, 15) is 4.79 Å². The first-order valence-corrected chi connectivity index (χ1v) is 10.8. The zero-order chi connectivity index (χ0) is 22.5. The van der Waals surface area contributed by atoms with Gasteiger partial charge in [0.1, 0.15) is 5.75 Å². The number of hydrogen-bond donors (Lipinski definition) is 1. The third-order valence-corrected chi connectivity index (χ3v) is 5.40. The molecule has 7 nitrogen and oxygen atoms in total. The van der Waals surface area contributed by atoms with Crippen molar-refractivity contribution >= 4 is 17.4 Å². The van der Waals surface area contributed by atoms with E-state index in [0.29, 0.717) is 18.9 Å². The van der Waals surface area contributed by atoms with Gasteiger partial charge in [0, 0.05) is 24.3 Å². The van der Waals surface area contributed by atoms with Gasteiger partial charge in [-0.05, 0) is 56.2 Å². The molecule has 1 aliphatic heterocycles. The highest BCUT2D eigenvalue weighted by Crippen LogP contribution is 2.25. The van der Waals surface area contributed by atoms with Gasteiger partial charge in [0.05, 0.1) is 18.9 Å². The van der Waals surface area contributed by atoms with E-state index < -0.39 is 0 Å². The van der Waals surface area contributed by atoms with Crippen LogP contribution in [0.25, 0.3) is 11.3 Å². The Morgan fingerprint density at radius 1 is 1.00 bits per heavy atom. The van der Waals surface area contributed by atoms with Crippen molar-refractivity contribution in [3.63, 3.8) is 0 Å². The molecule has 3 aromatic rings. The molecular formula is C25H28N4O3. The van der Waals surface area contributed by atoms with Gasteiger partial charge in [0.25, 0.3) is 5.91 Å². The predicted molar refractivity (Wildman–Crippen MR) is 125 cm³/mol. The van der Waals surface area contributed by atoms with Crippen LogP contribution in [0.2, 0.25) is 0 Å². The summed E-state index contributed by atoms with van der Waals surface area (Å²) >= 11 is 0. The molecule has 7 heteroatoms. The maximum absolute atomic E-state index is 12.3. The number of carbonyl (C=O) groups is 1. The SMILES string of the molecule is Cc1cc(C)c(OCC(=O)Nc2ccc(-c3ccc(N4CCOCC4)nn3)cc2)c(C)c1. The number of rotatable bonds is 6. The lowest BCUT2D eigenvalue weighted by molar-refractivity contribution is -0.118. The summed E-state index contributed by atoms with van der Waals surface area (Å²) in [7, 11) is 0. The van der Waals surface area contributed by atoms with E-state index in [1.807, 2.05) is 57.2 Å². The average molecular weight is 433 g/mol. The van der Waals surface area contributed by atoms with Crippen LogP contribution < -0.4 is 15.0 Å². The van der Waals surface area contributed by atoms with Crippen LogP contribution in [-0.4, -0.2) is 49.0 Å². The highest BCUT2D eigenvalue weighted by atomic mass is 16.5. The van der Waals surface area contributed by atoms with Gasteiger partial charge >= 0.3 is 0 Å². The summed E-state index contributed by atoms with van der Waals surface area (Å²) in [5.74, 6) is 1.42. The Kier molecular flexibility index (Phi) is 6.66. The molecule has 1 aliphatic rings. The third kappa shape index (κ3) is 5.23. The first kappa shape index (κ1) is 21.8. The Morgan fingerprint density at radius 2 is 1.69 bits per heavy atom. The molecule has 0 unspecified atom stereocenters. The van der Waals surface area contributed by atoms with E-state index in [1.165, 1.54) is 5.56 Å². The van der Waals surface area contributed by atoms with E-state index in [0.717, 1.165) is 47.0 Å². The molecule has 0 bridgehead atoms. The number of aryl methyl sites for hydroxylation is 3. The molecule has 0 atom stereocenters. The summed E-state index contributed by atoms with van der Waals surface area (Å²) in [6.07, 6.45) is 0. The van der Waals surface area contributed by atoms with Crippen molar-refractivity contribution in [2.75, 3.05) is 43.1 Å². The molecule has 0 spiro atoms. The largest absolute Gasteiger partial charge is 0.483 e. The van der Waals surface area contributed by atoms with Crippen molar-refractivity contribution in [1.82, 2.24) is 10.2 Å². The van der Waals surface area contributed by atoms with Crippen molar-refractivity contribution in [3.8, 4) is 17.0 Å². The molecule has 166 valence electrons. The third-order valence-electron chi connectivity index (χ3n) is 5.40. The van der Waals surface area contributed by atoms with Gasteiger partial charge in [-0.15, -0.1) is 10.2 Å². The fourth-order valence-electron chi connectivity index (χ4n) is 3.89. The average Bonchev–Trinajstić information content (AvgIpc) is 2.79. The fourth-order valence-corrected chi connectivity index (χ4v) is 3.89. The van der Waals surface area contributed by atoms with Crippen LogP contribution in [0.4, 0.5) is 11.5 Å². The molecule has 1 saturated heterocycles. The summed E-state index contributed by atoms with van der Waals surface area (Å²) in [5.41, 5.74) is 5.66. The fraction of sp³-hybridized carbons (Fsp3) is 0.320. The minimum absolute atomic E-state index is 0.0407. The van der Waals surface area contributed by atoms with Crippen LogP contribution in [0.5, 0.6) is 5.75 Å². The van der Waals surface area contributed by atoms with Crippen LogP contribution in [0, 0.1) is 20.8 Å². The van der Waals surface area contributed by atoms with Crippen molar-refractivity contribution < 1.29 is 14.3 Å². The van der Waals surface area contributed by atoms with Crippen LogP contribution in [0.1, 0.15) is 16.7 Å². The number of benzene rings is 2. The minimum Gasteiger partial charge on any atom is -0.483 e. The van der Waals surface area contributed by atoms with Crippen LogP contribution in [0.3, 0.4) is 0 Å². The number of ether oxygens (including phenoxy) is 2. The van der Waals surface area contributed by atoms with E-state index in [-0.39, 0.29) is 12.5 Å². The standard InChI is InChI=1S/C25H28N4O3/c1-17-14-18(2)25(19(3)15-17)32-16-24(30)26-21-6-4-20(5-7-21)22-8-9-23(28-27-22)29-10-12-31-13-11-29/h4-9,14-15H,10-13,16H2,1-3H3,(H,26,30). The zero-order valence-corrected chi connectivity index (χ0v) is 18.7. The van der Waals surface area contributed by atoms with E-state index in [1.54, 1.807) is 0 Å². The Bertz CT molecular complexity index is 1050. The molecule has 0 aliphatic carbocycles. The number of hydrogen-bond acceptors (Lipinski definition) is 6. The Labute approximate surface area is 188 Å². The zero-order valence-electron chi connectivity index (χ0n) is 18.7. The molecular weight excluding hydrogens is 404 g/mol. The number of nitrogens with zero attached hydrogens (tertiary/aromatic N) is 3. The van der Waals surface area contributed by atoms with Gasteiger partial charge < -0.3 is 19.7 Å². The molecule has 1 N–H and O–H groups in total. The second-order valence-electron chi connectivity index (χ2n) is 8.02. The van der Waals surface area contributed by atoms with Crippen LogP contribution in [0.15, 0.2) is 48.5 Å². The normalized spacial score (nSPS) is 13.7. The predicted octanol–water partition coefficient (Wildman–Crippen LogP) is 3.92. The Balaban J connectivity index is 1.34. The summed E-state index contributed by atoms with van der Waals surface area (Å²) < 4.78 is 11.1. The van der Waals surface area contributed by atoms with E-state index in [2.05, 4.69) is 32.5 Å². The molecule has 2 aromatic carbocycles. The number of anilines is 2. The van der Waals surface area contributed by atoms with Gasteiger partial charge in [-0.1, -0.05) is 29.8 Å². The number of amides is 1. The summed E-state index contributed by atoms with van der Waals surface area (Å²) in [5, 5.41) is 11.6. The first-order chi connectivity index (χ1) is 15.5. The Hall–Kier alpha value is -3.45. The monoisotopic (exact) mass is 432 g/mol. The van der Waals surface area contributed by atoms with Gasteiger partial charge in [-0.25, -0.2) is 0 Å². The van der Waals surface area contributed by atoms with Crippen LogP contribution in [-0.2, 0) is 9.53 Å². The maximum atomic E-state index is 12.3. The lowest BCUT2D eigenvalue weighted by Crippen LogP contribution is -2.36. The van der Waals surface area contributed by atoms with Crippen molar-refractivity contribution in [1.29, 1.82) is 0 Å². The minimum atomic E-state index is -0.202. The summed E-state index contributed by atoms with van der Waals surface area (Å²) in [6, 6.07) is 15.6. The second kappa shape index (κ2) is 9.78. The molecule has 2 heterocycles. The molecule has 32 heavy (non-hydrogen) atoms. The van der Waals surface area contributed by atoms with E-state index in [4.69, 9.17) is 9.47 Å². The second-order valence-corrected chi connectivity index (χ2v) is 8.02. The summed E-state index contributed by atoms with van der Waals surface area (Å²) in [4.78, 5) is 14.5. The van der Waals surface area contributed by atoms with Gasteiger partial charge in [-0.2, -0.15) is 0 Å². The molecule has 1 aromatic heterocycles. The smallest absolute Gasteiger partial charge is 0.262 e. The number of nitrogens with one attached hydrogen (secondary N) is 1. The van der Waals surface area contributed by atoms with Gasteiger partial charge in [0.15, 0.2) is 12.4 Å². The molecule has 1 fully saturated rings. The maximum Gasteiger partial charge on any atom is 0.262 e. The number of morpholine rings is 1. The highest BCUT2D eigenvalue weighted by Gasteiger charge is 2.13. The van der Waals surface area contributed by atoms with Crippen molar-refractivity contribution in [2.24, 2.45) is 0 Å².